The monoisotopic (exact) mass is 452 g/mol. The van der Waals surface area contributed by atoms with E-state index in [1.165, 1.54) is 0 Å². The number of aryl methyl sites for hydroxylation is 2. The van der Waals surface area contributed by atoms with Crippen LogP contribution in [0.4, 0.5) is 0 Å². The molecule has 0 fully saturated rings. The Morgan fingerprint density at radius 1 is 1.24 bits per heavy atom. The number of hydrogen-bond donors (Lipinski definition) is 2. The van der Waals surface area contributed by atoms with Crippen LogP contribution < -0.4 is 5.32 Å². The van der Waals surface area contributed by atoms with E-state index >= 15 is 0 Å². The maximum atomic E-state index is 13.6. The lowest BCUT2D eigenvalue weighted by Gasteiger charge is -2.32. The molecule has 7 nitrogen and oxygen atoms in total. The second-order valence-electron chi connectivity index (χ2n) is 9.50. The van der Waals surface area contributed by atoms with Gasteiger partial charge in [-0.2, -0.15) is 0 Å². The molecule has 0 aliphatic carbocycles. The zero-order valence-corrected chi connectivity index (χ0v) is 20.4. The number of amides is 2. The highest BCUT2D eigenvalue weighted by atomic mass is 16.3. The normalized spacial score (nSPS) is 17.3. The van der Waals surface area contributed by atoms with E-state index in [-0.39, 0.29) is 24.1 Å². The van der Waals surface area contributed by atoms with Gasteiger partial charge in [-0.1, -0.05) is 43.7 Å². The van der Waals surface area contributed by atoms with Gasteiger partial charge in [-0.25, -0.2) is 0 Å². The first kappa shape index (κ1) is 24.7. The molecule has 1 unspecified atom stereocenters. The number of nitrogens with zero attached hydrogens (tertiary/aromatic N) is 3. The molecule has 1 aromatic carbocycles. The van der Waals surface area contributed by atoms with Crippen LogP contribution in [0.25, 0.3) is 0 Å². The van der Waals surface area contributed by atoms with Crippen LogP contribution in [0.1, 0.15) is 60.7 Å². The van der Waals surface area contributed by atoms with E-state index in [0.29, 0.717) is 43.2 Å². The second kappa shape index (κ2) is 10.8. The fourth-order valence-corrected chi connectivity index (χ4v) is 4.11. The molecule has 2 N–H and O–H groups in total. The van der Waals surface area contributed by atoms with Crippen molar-refractivity contribution >= 4 is 11.8 Å². The highest BCUT2D eigenvalue weighted by Gasteiger charge is 2.36. The maximum Gasteiger partial charge on any atom is 0.247 e. The van der Waals surface area contributed by atoms with Crippen LogP contribution in [0.5, 0.6) is 5.75 Å². The van der Waals surface area contributed by atoms with Crippen molar-refractivity contribution in [2.45, 2.75) is 59.7 Å². The lowest BCUT2D eigenvalue weighted by molar-refractivity contribution is -0.141. The second-order valence-corrected chi connectivity index (χ2v) is 9.50. The minimum absolute atomic E-state index is 0.0199. The minimum atomic E-state index is -0.936. The molecule has 0 bridgehead atoms. The van der Waals surface area contributed by atoms with Gasteiger partial charge in [0.1, 0.15) is 11.8 Å². The highest BCUT2D eigenvalue weighted by molar-refractivity contribution is 5.90. The summed E-state index contributed by atoms with van der Waals surface area (Å²) in [6, 6.07) is 7.03. The van der Waals surface area contributed by atoms with Crippen LogP contribution in [-0.4, -0.2) is 51.8 Å². The summed E-state index contributed by atoms with van der Waals surface area (Å²) in [5, 5.41) is 14.1. The Kier molecular flexibility index (Phi) is 8.08. The number of hydrogen-bond acceptors (Lipinski definition) is 5. The topological polar surface area (TPSA) is 85.8 Å². The number of benzene rings is 1. The molecule has 178 valence electrons. The van der Waals surface area contributed by atoms with E-state index in [4.69, 9.17) is 0 Å². The molecule has 0 spiro atoms. The molecule has 2 aromatic rings. The Hall–Kier alpha value is -2.93. The molecular weight excluding hydrogens is 416 g/mol. The molecule has 1 aromatic heterocycles. The number of nitrogens with one attached hydrogen (secondary N) is 1. The average Bonchev–Trinajstić information content (AvgIpc) is 2.81. The molecule has 1 aliphatic rings. The third kappa shape index (κ3) is 6.11. The van der Waals surface area contributed by atoms with Gasteiger partial charge in [-0.3, -0.25) is 14.6 Å². The largest absolute Gasteiger partial charge is 0.506 e. The predicted molar refractivity (Wildman–Crippen MR) is 129 cm³/mol. The number of fused-ring (bicyclic) bond motifs is 1. The number of carbonyl (C=O) groups is 2. The first-order chi connectivity index (χ1) is 15.7. The van der Waals surface area contributed by atoms with E-state index in [9.17, 15) is 14.7 Å². The number of aromatic hydroxyl groups is 1. The molecule has 0 saturated carbocycles. The van der Waals surface area contributed by atoms with Gasteiger partial charge in [0.15, 0.2) is 0 Å². The van der Waals surface area contributed by atoms with Crippen LogP contribution >= 0.6 is 0 Å². The van der Waals surface area contributed by atoms with Crippen molar-refractivity contribution in [3.63, 3.8) is 0 Å². The Labute approximate surface area is 196 Å². The quantitative estimate of drug-likeness (QED) is 0.701. The molecule has 2 heterocycles. The predicted octanol–water partition coefficient (Wildman–Crippen LogP) is 3.47. The molecule has 1 atom stereocenters. The molecule has 0 radical (unpaired) electrons. The summed E-state index contributed by atoms with van der Waals surface area (Å²) in [4.78, 5) is 35.1. The molecule has 1 aliphatic heterocycles. The fourth-order valence-electron chi connectivity index (χ4n) is 4.11. The van der Waals surface area contributed by atoms with Gasteiger partial charge in [0, 0.05) is 44.4 Å². The van der Waals surface area contributed by atoms with Crippen molar-refractivity contribution in [3.05, 3.63) is 58.4 Å². The van der Waals surface area contributed by atoms with Crippen LogP contribution in [0, 0.1) is 19.8 Å². The smallest absolute Gasteiger partial charge is 0.247 e. The third-order valence-electron chi connectivity index (χ3n) is 6.15. The van der Waals surface area contributed by atoms with E-state index in [1.54, 1.807) is 18.0 Å². The Morgan fingerprint density at radius 2 is 1.94 bits per heavy atom. The van der Waals surface area contributed by atoms with E-state index in [0.717, 1.165) is 23.1 Å². The average molecular weight is 453 g/mol. The van der Waals surface area contributed by atoms with E-state index < -0.39 is 6.04 Å². The standard InChI is InChI=1S/C26H36N4O3/c1-17(2)10-12-27-26(33)24-23-21(14-28-19(4)25(23)32)16-29(5)13-11-22(31)30(24)15-20-8-6-18(3)7-9-20/h6-9,14,17,24,32H,10-13,15-16H2,1-5H3,(H,27,33). The third-order valence-corrected chi connectivity index (χ3v) is 6.15. The minimum Gasteiger partial charge on any atom is -0.506 e. The summed E-state index contributed by atoms with van der Waals surface area (Å²) < 4.78 is 0. The van der Waals surface area contributed by atoms with Crippen LogP contribution in [-0.2, 0) is 22.7 Å². The van der Waals surface area contributed by atoms with E-state index in [1.807, 2.05) is 43.1 Å². The molecule has 2 amide bonds. The highest BCUT2D eigenvalue weighted by Crippen LogP contribution is 2.36. The Balaban J connectivity index is 2.11. The fraction of sp³-hybridized carbons (Fsp3) is 0.500. The summed E-state index contributed by atoms with van der Waals surface area (Å²) in [6.45, 7) is 9.78. The van der Waals surface area contributed by atoms with Crippen LogP contribution in [0.3, 0.4) is 0 Å². The summed E-state index contributed by atoms with van der Waals surface area (Å²) in [5.74, 6) is 0.0291. The summed E-state index contributed by atoms with van der Waals surface area (Å²) in [5.41, 5.74) is 3.74. The van der Waals surface area contributed by atoms with Gasteiger partial charge in [0.05, 0.1) is 5.69 Å². The summed E-state index contributed by atoms with van der Waals surface area (Å²) in [7, 11) is 1.93. The van der Waals surface area contributed by atoms with Gasteiger partial charge in [-0.05, 0) is 44.4 Å². The van der Waals surface area contributed by atoms with Crippen molar-refractivity contribution in [1.82, 2.24) is 20.1 Å². The van der Waals surface area contributed by atoms with Crippen LogP contribution in [0.2, 0.25) is 0 Å². The maximum absolute atomic E-state index is 13.6. The van der Waals surface area contributed by atoms with Gasteiger partial charge >= 0.3 is 0 Å². The van der Waals surface area contributed by atoms with Crippen molar-refractivity contribution in [3.8, 4) is 5.75 Å². The van der Waals surface area contributed by atoms with Crippen molar-refractivity contribution in [2.24, 2.45) is 5.92 Å². The van der Waals surface area contributed by atoms with E-state index in [2.05, 4.69) is 24.1 Å². The molecule has 0 saturated heterocycles. The summed E-state index contributed by atoms with van der Waals surface area (Å²) in [6.07, 6.45) is 2.84. The summed E-state index contributed by atoms with van der Waals surface area (Å²) >= 11 is 0. The lowest BCUT2D eigenvalue weighted by Crippen LogP contribution is -2.44. The van der Waals surface area contributed by atoms with Gasteiger partial charge in [0.25, 0.3) is 0 Å². The Bertz CT molecular complexity index is 988. The number of pyridine rings is 1. The number of rotatable bonds is 6. The zero-order valence-electron chi connectivity index (χ0n) is 20.4. The lowest BCUT2D eigenvalue weighted by atomic mass is 9.96. The van der Waals surface area contributed by atoms with Crippen molar-refractivity contribution in [2.75, 3.05) is 20.1 Å². The number of aromatic nitrogens is 1. The molecule has 3 rings (SSSR count). The first-order valence-electron chi connectivity index (χ1n) is 11.7. The molecule has 7 heteroatoms. The van der Waals surface area contributed by atoms with Crippen molar-refractivity contribution in [1.29, 1.82) is 0 Å². The van der Waals surface area contributed by atoms with Gasteiger partial charge < -0.3 is 20.2 Å². The van der Waals surface area contributed by atoms with Crippen LogP contribution in [0.15, 0.2) is 30.5 Å². The number of carbonyl (C=O) groups excluding carboxylic acids is 2. The molecular formula is C26H36N4O3. The van der Waals surface area contributed by atoms with Gasteiger partial charge in [-0.15, -0.1) is 0 Å². The first-order valence-corrected chi connectivity index (χ1v) is 11.7. The SMILES string of the molecule is Cc1ccc(CN2C(=O)CCN(C)Cc3cnc(C)c(O)c3C2C(=O)NCCC(C)C)cc1. The van der Waals surface area contributed by atoms with Gasteiger partial charge in [0.2, 0.25) is 11.8 Å². The zero-order chi connectivity index (χ0) is 24.1. The Morgan fingerprint density at radius 3 is 2.61 bits per heavy atom. The van der Waals surface area contributed by atoms with Crippen molar-refractivity contribution < 1.29 is 14.7 Å². The molecule has 33 heavy (non-hydrogen) atoms.